The van der Waals surface area contributed by atoms with Crippen molar-refractivity contribution in [3.8, 4) is 0 Å². The molecule has 1 N–H and O–H groups in total. The maximum atomic E-state index is 13.9. The normalized spacial score (nSPS) is 23.2. The van der Waals surface area contributed by atoms with E-state index >= 15 is 0 Å². The second-order valence-electron chi connectivity index (χ2n) is 5.56. The monoisotopic (exact) mass is 285 g/mol. The molecule has 106 valence electrons. The molecule has 0 spiro atoms. The van der Waals surface area contributed by atoms with Crippen LogP contribution in [0.2, 0.25) is 5.02 Å². The molecule has 19 heavy (non-hydrogen) atoms. The lowest BCUT2D eigenvalue weighted by atomic mass is 9.94. The number of benzene rings is 1. The summed E-state index contributed by atoms with van der Waals surface area (Å²) < 4.78 is 19.6. The van der Waals surface area contributed by atoms with E-state index in [0.29, 0.717) is 29.0 Å². The number of hydrogen-bond acceptors (Lipinski definition) is 2. The summed E-state index contributed by atoms with van der Waals surface area (Å²) in [6.07, 6.45) is 0.778. The zero-order valence-electron chi connectivity index (χ0n) is 11.5. The largest absolute Gasteiger partial charge is 0.373 e. The molecule has 1 heterocycles. The molecule has 1 aromatic carbocycles. The lowest BCUT2D eigenvalue weighted by Crippen LogP contribution is -2.28. The molecule has 1 fully saturated rings. The first-order valence-corrected chi connectivity index (χ1v) is 7.23. The summed E-state index contributed by atoms with van der Waals surface area (Å²) in [6.45, 7) is 6.86. The van der Waals surface area contributed by atoms with Gasteiger partial charge in [0.1, 0.15) is 5.82 Å². The van der Waals surface area contributed by atoms with Gasteiger partial charge >= 0.3 is 0 Å². The standard InChI is InChI=1S/C15H21ClFNO/c1-10(2)8-18-9-11-5-6-19-15(11)13-7-12(16)3-4-14(13)17/h3-4,7,10-11,15,18H,5-6,8-9H2,1-2H3. The Morgan fingerprint density at radius 1 is 1.47 bits per heavy atom. The van der Waals surface area contributed by atoms with Crippen molar-refractivity contribution in [2.45, 2.75) is 26.4 Å². The Bertz CT molecular complexity index is 425. The van der Waals surface area contributed by atoms with Gasteiger partial charge < -0.3 is 10.1 Å². The molecule has 0 aromatic heterocycles. The quantitative estimate of drug-likeness (QED) is 0.888. The highest BCUT2D eigenvalue weighted by Gasteiger charge is 2.31. The molecule has 0 aliphatic carbocycles. The lowest BCUT2D eigenvalue weighted by molar-refractivity contribution is 0.0873. The van der Waals surface area contributed by atoms with Crippen molar-refractivity contribution in [2.75, 3.05) is 19.7 Å². The van der Waals surface area contributed by atoms with Gasteiger partial charge in [-0.25, -0.2) is 4.39 Å². The van der Waals surface area contributed by atoms with Crippen LogP contribution in [0.4, 0.5) is 4.39 Å². The van der Waals surface area contributed by atoms with E-state index in [4.69, 9.17) is 16.3 Å². The molecule has 2 atom stereocenters. The third-order valence-corrected chi connectivity index (χ3v) is 3.67. The van der Waals surface area contributed by atoms with E-state index in [1.54, 1.807) is 12.1 Å². The Labute approximate surface area is 119 Å². The van der Waals surface area contributed by atoms with Crippen LogP contribution in [0.3, 0.4) is 0 Å². The summed E-state index contributed by atoms with van der Waals surface area (Å²) in [6, 6.07) is 4.67. The number of nitrogens with one attached hydrogen (secondary N) is 1. The van der Waals surface area contributed by atoms with Gasteiger partial charge in [-0.15, -0.1) is 0 Å². The van der Waals surface area contributed by atoms with Crippen LogP contribution in [-0.2, 0) is 4.74 Å². The molecular formula is C15H21ClFNO. The fourth-order valence-corrected chi connectivity index (χ4v) is 2.66. The number of hydrogen-bond donors (Lipinski definition) is 1. The number of halogens is 2. The van der Waals surface area contributed by atoms with Gasteiger partial charge in [0.15, 0.2) is 0 Å². The SMILES string of the molecule is CC(C)CNCC1CCOC1c1cc(Cl)ccc1F. The minimum Gasteiger partial charge on any atom is -0.373 e. The Hall–Kier alpha value is -0.640. The van der Waals surface area contributed by atoms with Gasteiger partial charge in [0.05, 0.1) is 6.10 Å². The van der Waals surface area contributed by atoms with E-state index in [-0.39, 0.29) is 11.9 Å². The number of ether oxygens (including phenoxy) is 1. The minimum atomic E-state index is -0.231. The lowest BCUT2D eigenvalue weighted by Gasteiger charge is -2.20. The minimum absolute atomic E-state index is 0.182. The summed E-state index contributed by atoms with van der Waals surface area (Å²) in [5.74, 6) is 0.695. The van der Waals surface area contributed by atoms with Crippen molar-refractivity contribution in [1.29, 1.82) is 0 Å². The smallest absolute Gasteiger partial charge is 0.129 e. The highest BCUT2D eigenvalue weighted by atomic mass is 35.5. The molecule has 2 rings (SSSR count). The molecule has 4 heteroatoms. The second-order valence-corrected chi connectivity index (χ2v) is 5.99. The van der Waals surface area contributed by atoms with Crippen molar-refractivity contribution in [3.05, 3.63) is 34.6 Å². The summed E-state index contributed by atoms with van der Waals surface area (Å²) in [5.41, 5.74) is 0.585. The molecule has 1 aliphatic rings. The summed E-state index contributed by atoms with van der Waals surface area (Å²) in [7, 11) is 0. The van der Waals surface area contributed by atoms with Crippen LogP contribution in [0.25, 0.3) is 0 Å². The van der Waals surface area contributed by atoms with Gasteiger partial charge in [-0.05, 0) is 37.1 Å². The maximum Gasteiger partial charge on any atom is 0.129 e. The zero-order valence-corrected chi connectivity index (χ0v) is 12.2. The Kier molecular flexibility index (Phi) is 5.20. The average molecular weight is 286 g/mol. The molecule has 0 amide bonds. The molecule has 0 radical (unpaired) electrons. The Morgan fingerprint density at radius 2 is 2.26 bits per heavy atom. The molecule has 0 saturated carbocycles. The van der Waals surface area contributed by atoms with Gasteiger partial charge in [0, 0.05) is 29.7 Å². The summed E-state index contributed by atoms with van der Waals surface area (Å²) >= 11 is 5.95. The predicted molar refractivity (Wildman–Crippen MR) is 75.9 cm³/mol. The molecule has 1 aromatic rings. The third-order valence-electron chi connectivity index (χ3n) is 3.44. The van der Waals surface area contributed by atoms with Crippen molar-refractivity contribution in [2.24, 2.45) is 11.8 Å². The van der Waals surface area contributed by atoms with Crippen LogP contribution < -0.4 is 5.32 Å². The molecule has 2 unspecified atom stereocenters. The molecule has 0 bridgehead atoms. The van der Waals surface area contributed by atoms with Crippen molar-refractivity contribution in [1.82, 2.24) is 5.32 Å². The van der Waals surface area contributed by atoms with E-state index in [9.17, 15) is 4.39 Å². The molecular weight excluding hydrogens is 265 g/mol. The predicted octanol–water partition coefficient (Wildman–Crippen LogP) is 3.80. The fourth-order valence-electron chi connectivity index (χ4n) is 2.48. The van der Waals surface area contributed by atoms with E-state index in [1.807, 2.05) is 0 Å². The van der Waals surface area contributed by atoms with Gasteiger partial charge in [-0.1, -0.05) is 25.4 Å². The van der Waals surface area contributed by atoms with Crippen molar-refractivity contribution < 1.29 is 9.13 Å². The van der Waals surface area contributed by atoms with Crippen LogP contribution in [0, 0.1) is 17.7 Å². The summed E-state index contributed by atoms with van der Waals surface area (Å²) in [5, 5.41) is 3.98. The van der Waals surface area contributed by atoms with Gasteiger partial charge in [0.25, 0.3) is 0 Å². The highest BCUT2D eigenvalue weighted by Crippen LogP contribution is 2.36. The van der Waals surface area contributed by atoms with Gasteiger partial charge in [-0.2, -0.15) is 0 Å². The van der Waals surface area contributed by atoms with Crippen LogP contribution in [-0.4, -0.2) is 19.7 Å². The van der Waals surface area contributed by atoms with E-state index in [0.717, 1.165) is 19.5 Å². The zero-order chi connectivity index (χ0) is 13.8. The van der Waals surface area contributed by atoms with E-state index < -0.39 is 0 Å². The number of rotatable bonds is 5. The third kappa shape index (κ3) is 3.91. The molecule has 1 aliphatic heterocycles. The first-order valence-electron chi connectivity index (χ1n) is 6.85. The molecule has 1 saturated heterocycles. The van der Waals surface area contributed by atoms with Crippen LogP contribution in [0.1, 0.15) is 31.9 Å². The van der Waals surface area contributed by atoms with Crippen LogP contribution in [0.15, 0.2) is 18.2 Å². The Morgan fingerprint density at radius 3 is 3.00 bits per heavy atom. The molecule has 2 nitrogen and oxygen atoms in total. The first-order chi connectivity index (χ1) is 9.08. The van der Waals surface area contributed by atoms with E-state index in [1.165, 1.54) is 6.07 Å². The fraction of sp³-hybridized carbons (Fsp3) is 0.600. The van der Waals surface area contributed by atoms with Crippen LogP contribution >= 0.6 is 11.6 Å². The highest BCUT2D eigenvalue weighted by molar-refractivity contribution is 6.30. The van der Waals surface area contributed by atoms with Gasteiger partial charge in [0.2, 0.25) is 0 Å². The maximum absolute atomic E-state index is 13.9. The van der Waals surface area contributed by atoms with Crippen LogP contribution in [0.5, 0.6) is 0 Å². The second kappa shape index (κ2) is 6.69. The topological polar surface area (TPSA) is 21.3 Å². The van der Waals surface area contributed by atoms with Gasteiger partial charge in [-0.3, -0.25) is 0 Å². The first kappa shape index (κ1) is 14.8. The average Bonchev–Trinajstić information content (AvgIpc) is 2.80. The Balaban J connectivity index is 2.03. The summed E-state index contributed by atoms with van der Waals surface area (Å²) in [4.78, 5) is 0. The van der Waals surface area contributed by atoms with Crippen molar-refractivity contribution >= 4 is 11.6 Å². The van der Waals surface area contributed by atoms with E-state index in [2.05, 4.69) is 19.2 Å². The van der Waals surface area contributed by atoms with Crippen molar-refractivity contribution in [3.63, 3.8) is 0 Å².